The Balaban J connectivity index is 2.62. The molecule has 1 heterocycles. The zero-order valence-corrected chi connectivity index (χ0v) is 13.1. The monoisotopic (exact) mass is 366 g/mol. The molecule has 1 aromatic heterocycles. The second-order valence-electron chi connectivity index (χ2n) is 4.37. The molecule has 0 amide bonds. The fraction of sp³-hybridized carbons (Fsp3) is 0.308. The van der Waals surface area contributed by atoms with Crippen molar-refractivity contribution in [1.29, 1.82) is 0 Å². The third-order valence-electron chi connectivity index (χ3n) is 2.99. The highest BCUT2D eigenvalue weighted by molar-refractivity contribution is 9.10. The minimum absolute atomic E-state index is 0.0588. The summed E-state index contributed by atoms with van der Waals surface area (Å²) >= 11 is 8.92. The molecule has 0 fully saturated rings. The first-order valence-electron chi connectivity index (χ1n) is 5.74. The van der Waals surface area contributed by atoms with E-state index in [0.29, 0.717) is 5.69 Å². The van der Waals surface area contributed by atoms with Crippen molar-refractivity contribution in [3.05, 3.63) is 45.2 Å². The van der Waals surface area contributed by atoms with Gasteiger partial charge in [-0.2, -0.15) is 18.3 Å². The van der Waals surface area contributed by atoms with Crippen LogP contribution < -0.4 is 0 Å². The van der Waals surface area contributed by atoms with Crippen LogP contribution in [0.25, 0.3) is 5.69 Å². The van der Waals surface area contributed by atoms with Crippen LogP contribution in [-0.4, -0.2) is 9.78 Å². The number of rotatable bonds is 2. The van der Waals surface area contributed by atoms with Gasteiger partial charge in [0, 0.05) is 5.88 Å². The minimum atomic E-state index is -4.44. The summed E-state index contributed by atoms with van der Waals surface area (Å²) in [7, 11) is 0. The summed E-state index contributed by atoms with van der Waals surface area (Å²) in [6.45, 7) is 3.57. The lowest BCUT2D eigenvalue weighted by molar-refractivity contribution is -0.138. The second kappa shape index (κ2) is 5.41. The van der Waals surface area contributed by atoms with Crippen molar-refractivity contribution in [2.45, 2.75) is 25.9 Å². The Morgan fingerprint density at radius 1 is 1.30 bits per heavy atom. The van der Waals surface area contributed by atoms with Crippen LogP contribution in [-0.2, 0) is 12.1 Å². The summed E-state index contributed by atoms with van der Waals surface area (Å²) in [5.41, 5.74) is 1.15. The van der Waals surface area contributed by atoms with Crippen LogP contribution in [0.2, 0.25) is 0 Å². The van der Waals surface area contributed by atoms with E-state index >= 15 is 0 Å². The molecular formula is C13H11BrClF3N2. The van der Waals surface area contributed by atoms with Crippen LogP contribution >= 0.6 is 27.5 Å². The van der Waals surface area contributed by atoms with Crippen LogP contribution in [0.5, 0.6) is 0 Å². The van der Waals surface area contributed by atoms with E-state index in [1.165, 1.54) is 10.7 Å². The summed E-state index contributed by atoms with van der Waals surface area (Å²) in [6, 6.07) is 4.04. The number of aryl methyl sites for hydroxylation is 1. The van der Waals surface area contributed by atoms with Gasteiger partial charge in [0.05, 0.1) is 27.1 Å². The van der Waals surface area contributed by atoms with Gasteiger partial charge in [-0.25, -0.2) is 4.68 Å². The Morgan fingerprint density at radius 3 is 2.40 bits per heavy atom. The smallest absolute Gasteiger partial charge is 0.237 e. The predicted molar refractivity (Wildman–Crippen MR) is 75.3 cm³/mol. The van der Waals surface area contributed by atoms with E-state index in [2.05, 4.69) is 21.0 Å². The van der Waals surface area contributed by atoms with Crippen LogP contribution in [0.15, 0.2) is 22.7 Å². The molecule has 0 unspecified atom stereocenters. The quantitative estimate of drug-likeness (QED) is 0.682. The van der Waals surface area contributed by atoms with Crippen LogP contribution in [0.1, 0.15) is 22.5 Å². The lowest BCUT2D eigenvalue weighted by atomic mass is 10.1. The Kier molecular flexibility index (Phi) is 4.16. The van der Waals surface area contributed by atoms with E-state index in [0.717, 1.165) is 21.9 Å². The first-order valence-corrected chi connectivity index (χ1v) is 7.06. The molecule has 0 N–H and O–H groups in total. The van der Waals surface area contributed by atoms with Gasteiger partial charge in [-0.05, 0) is 47.5 Å². The molecular weight excluding hydrogens is 357 g/mol. The largest absolute Gasteiger partial charge is 0.416 e. The van der Waals surface area contributed by atoms with E-state index in [1.54, 1.807) is 19.9 Å². The topological polar surface area (TPSA) is 17.8 Å². The number of aromatic nitrogens is 2. The van der Waals surface area contributed by atoms with Crippen molar-refractivity contribution in [3.63, 3.8) is 0 Å². The Hall–Kier alpha value is -1.01. The highest BCUT2D eigenvalue weighted by Crippen LogP contribution is 2.34. The van der Waals surface area contributed by atoms with Gasteiger partial charge in [0.2, 0.25) is 0 Å². The van der Waals surface area contributed by atoms with E-state index in [4.69, 9.17) is 11.6 Å². The number of halogens is 5. The number of hydrogen-bond acceptors (Lipinski definition) is 1. The molecule has 2 nitrogen and oxygen atoms in total. The van der Waals surface area contributed by atoms with Crippen molar-refractivity contribution < 1.29 is 13.2 Å². The summed E-state index contributed by atoms with van der Waals surface area (Å²) in [5, 5.41) is 4.23. The van der Waals surface area contributed by atoms with Crippen molar-refractivity contribution in [1.82, 2.24) is 9.78 Å². The fourth-order valence-corrected chi connectivity index (χ4v) is 2.43. The standard InChI is InChI=1S/C13H11BrClF3N2/c1-7-12(14)8(2)20(19-7)10-4-3-9(6-15)11(5-10)13(16,17)18/h3-5H,6H2,1-2H3. The molecule has 0 aliphatic rings. The van der Waals surface area contributed by atoms with E-state index in [-0.39, 0.29) is 11.4 Å². The van der Waals surface area contributed by atoms with Crippen molar-refractivity contribution >= 4 is 27.5 Å². The fourth-order valence-electron chi connectivity index (χ4n) is 1.95. The summed E-state index contributed by atoms with van der Waals surface area (Å²) in [4.78, 5) is 0. The van der Waals surface area contributed by atoms with Crippen LogP contribution in [0, 0.1) is 13.8 Å². The van der Waals surface area contributed by atoms with E-state index in [1.807, 2.05) is 0 Å². The molecule has 0 radical (unpaired) electrons. The molecule has 1 aromatic carbocycles. The second-order valence-corrected chi connectivity index (χ2v) is 5.43. The lowest BCUT2D eigenvalue weighted by Crippen LogP contribution is -2.10. The zero-order chi connectivity index (χ0) is 15.1. The molecule has 2 rings (SSSR count). The molecule has 0 saturated carbocycles. The molecule has 0 bridgehead atoms. The van der Waals surface area contributed by atoms with Gasteiger partial charge in [-0.1, -0.05) is 6.07 Å². The highest BCUT2D eigenvalue weighted by atomic mass is 79.9. The van der Waals surface area contributed by atoms with E-state index < -0.39 is 11.7 Å². The SMILES string of the molecule is Cc1nn(-c2ccc(CCl)c(C(F)(F)F)c2)c(C)c1Br. The third kappa shape index (κ3) is 2.72. The molecule has 0 aliphatic carbocycles. The first kappa shape index (κ1) is 15.4. The number of benzene rings is 1. The highest BCUT2D eigenvalue weighted by Gasteiger charge is 2.33. The summed E-state index contributed by atoms with van der Waals surface area (Å²) in [5.74, 6) is -0.185. The number of nitrogens with zero attached hydrogens (tertiary/aromatic N) is 2. The molecule has 7 heteroatoms. The first-order chi connectivity index (χ1) is 9.25. The normalized spacial score (nSPS) is 11.9. The average molecular weight is 368 g/mol. The van der Waals surface area contributed by atoms with Gasteiger partial charge < -0.3 is 0 Å². The van der Waals surface area contributed by atoms with E-state index in [9.17, 15) is 13.2 Å². The van der Waals surface area contributed by atoms with Crippen LogP contribution in [0.3, 0.4) is 0 Å². The molecule has 108 valence electrons. The van der Waals surface area contributed by atoms with Gasteiger partial charge in [0.15, 0.2) is 0 Å². The van der Waals surface area contributed by atoms with Gasteiger partial charge in [0.1, 0.15) is 0 Å². The predicted octanol–water partition coefficient (Wildman–Crippen LogP) is 5.01. The van der Waals surface area contributed by atoms with Gasteiger partial charge in [-0.15, -0.1) is 11.6 Å². The molecule has 0 saturated heterocycles. The Morgan fingerprint density at radius 2 is 1.95 bits per heavy atom. The van der Waals surface area contributed by atoms with Gasteiger partial charge >= 0.3 is 6.18 Å². The molecule has 20 heavy (non-hydrogen) atoms. The minimum Gasteiger partial charge on any atom is -0.237 e. The maximum atomic E-state index is 13.0. The van der Waals surface area contributed by atoms with Gasteiger partial charge in [0.25, 0.3) is 0 Å². The zero-order valence-electron chi connectivity index (χ0n) is 10.7. The maximum Gasteiger partial charge on any atom is 0.416 e. The number of alkyl halides is 4. The molecule has 0 aliphatic heterocycles. The van der Waals surface area contributed by atoms with Gasteiger partial charge in [-0.3, -0.25) is 0 Å². The summed E-state index contributed by atoms with van der Waals surface area (Å²) in [6.07, 6.45) is -4.44. The Labute approximate surface area is 127 Å². The molecule has 0 spiro atoms. The Bertz CT molecular complexity index is 650. The summed E-state index contributed by atoms with van der Waals surface area (Å²) < 4.78 is 41.3. The number of hydrogen-bond donors (Lipinski definition) is 0. The van der Waals surface area contributed by atoms with Crippen molar-refractivity contribution in [2.75, 3.05) is 0 Å². The van der Waals surface area contributed by atoms with Crippen LogP contribution in [0.4, 0.5) is 13.2 Å². The lowest BCUT2D eigenvalue weighted by Gasteiger charge is -2.13. The average Bonchev–Trinajstić information content (AvgIpc) is 2.65. The molecule has 0 atom stereocenters. The van der Waals surface area contributed by atoms with Crippen molar-refractivity contribution in [2.24, 2.45) is 0 Å². The molecule has 2 aromatic rings. The van der Waals surface area contributed by atoms with Crippen molar-refractivity contribution in [3.8, 4) is 5.69 Å². The maximum absolute atomic E-state index is 13.0. The third-order valence-corrected chi connectivity index (χ3v) is 4.43.